The molecule has 0 spiro atoms. The molecule has 3 heteroatoms. The van der Waals surface area contributed by atoms with Gasteiger partial charge in [0.25, 0.3) is 0 Å². The van der Waals surface area contributed by atoms with Crippen molar-refractivity contribution < 1.29 is 9.53 Å². The van der Waals surface area contributed by atoms with Crippen LogP contribution in [0.25, 0.3) is 0 Å². The van der Waals surface area contributed by atoms with Crippen LogP contribution in [0.1, 0.15) is 47.1 Å². The maximum Gasteiger partial charge on any atom is 0.192 e. The van der Waals surface area contributed by atoms with Crippen molar-refractivity contribution in [2.24, 2.45) is 11.8 Å². The van der Waals surface area contributed by atoms with Crippen LogP contribution in [-0.2, 0) is 4.43 Å². The van der Waals surface area contributed by atoms with E-state index in [0.29, 0.717) is 5.92 Å². The minimum atomic E-state index is -1.89. The maximum absolute atomic E-state index is 10.6. The number of hydrogen-bond acceptors (Lipinski definition) is 2. The second-order valence-corrected chi connectivity index (χ2v) is 13.3. The molecule has 0 amide bonds. The molecule has 134 valence electrons. The summed E-state index contributed by atoms with van der Waals surface area (Å²) in [4.78, 5) is 0. The predicted octanol–water partition coefficient (Wildman–Crippen LogP) is 5.08. The van der Waals surface area contributed by atoms with Gasteiger partial charge in [-0.15, -0.1) is 0 Å². The lowest BCUT2D eigenvalue weighted by atomic mass is 9.90. The van der Waals surface area contributed by atoms with E-state index < -0.39 is 14.4 Å². The molecule has 0 heterocycles. The molecular formula is C21H34O2Si. The molecule has 0 radical (unpaired) electrons. The first-order valence-electron chi connectivity index (χ1n) is 8.88. The summed E-state index contributed by atoms with van der Waals surface area (Å²) in [5.74, 6) is 6.37. The fraction of sp³-hybridized carbons (Fsp3) is 0.619. The summed E-state index contributed by atoms with van der Waals surface area (Å²) in [6.45, 7) is 17.6. The van der Waals surface area contributed by atoms with Gasteiger partial charge in [0.05, 0.1) is 6.10 Å². The largest absolute Gasteiger partial charge is 0.413 e. The van der Waals surface area contributed by atoms with Gasteiger partial charge in [0.15, 0.2) is 8.32 Å². The van der Waals surface area contributed by atoms with Gasteiger partial charge in [-0.3, -0.25) is 0 Å². The van der Waals surface area contributed by atoms with Crippen molar-refractivity contribution in [3.8, 4) is 11.8 Å². The zero-order chi connectivity index (χ0) is 18.5. The summed E-state index contributed by atoms with van der Waals surface area (Å²) in [7, 11) is -1.89. The molecule has 2 nitrogen and oxygen atoms in total. The summed E-state index contributed by atoms with van der Waals surface area (Å²) in [6, 6.07) is 9.79. The van der Waals surface area contributed by atoms with Crippen molar-refractivity contribution >= 4 is 8.32 Å². The first-order chi connectivity index (χ1) is 11.0. The van der Waals surface area contributed by atoms with Gasteiger partial charge in [-0.2, -0.15) is 0 Å². The van der Waals surface area contributed by atoms with Gasteiger partial charge in [-0.1, -0.05) is 71.6 Å². The van der Waals surface area contributed by atoms with Crippen LogP contribution in [0.15, 0.2) is 30.3 Å². The SMILES string of the molecule is CC(C)[C@H](O[Si](C)(C)C(C)(C)C)[C@@H](C)[C@@H](O)C#Cc1ccccc1. The molecule has 0 aliphatic carbocycles. The Bertz CT molecular complexity index is 561. The van der Waals surface area contributed by atoms with Gasteiger partial charge in [0, 0.05) is 11.5 Å². The van der Waals surface area contributed by atoms with Crippen LogP contribution in [0.5, 0.6) is 0 Å². The molecule has 0 fully saturated rings. The molecule has 0 unspecified atom stereocenters. The topological polar surface area (TPSA) is 29.5 Å². The van der Waals surface area contributed by atoms with Crippen LogP contribution in [0.3, 0.4) is 0 Å². The molecular weight excluding hydrogens is 312 g/mol. The number of aliphatic hydroxyl groups is 1. The minimum Gasteiger partial charge on any atom is -0.413 e. The zero-order valence-electron chi connectivity index (χ0n) is 16.6. The summed E-state index contributed by atoms with van der Waals surface area (Å²) in [5.41, 5.74) is 0.926. The van der Waals surface area contributed by atoms with E-state index in [4.69, 9.17) is 4.43 Å². The number of benzene rings is 1. The van der Waals surface area contributed by atoms with E-state index in [1.54, 1.807) is 0 Å². The van der Waals surface area contributed by atoms with Crippen LogP contribution in [-0.4, -0.2) is 25.6 Å². The molecule has 0 saturated heterocycles. The molecule has 3 atom stereocenters. The predicted molar refractivity (Wildman–Crippen MR) is 105 cm³/mol. The standard InChI is InChI=1S/C21H34O2Si/c1-16(2)20(23-24(7,8)21(4,5)6)17(3)19(22)15-14-18-12-10-9-11-13-18/h9-13,16-17,19-20,22H,1-8H3/t17-,19-,20-/m0/s1. The monoisotopic (exact) mass is 346 g/mol. The Kier molecular flexibility index (Phi) is 7.28. The third-order valence-electron chi connectivity index (χ3n) is 5.05. The Morgan fingerprint density at radius 1 is 1.04 bits per heavy atom. The second-order valence-electron chi connectivity index (χ2n) is 8.53. The van der Waals surface area contributed by atoms with E-state index in [9.17, 15) is 5.11 Å². The summed E-state index contributed by atoms with van der Waals surface area (Å²) in [6.07, 6.45) is -0.687. The van der Waals surface area contributed by atoms with Crippen molar-refractivity contribution in [1.29, 1.82) is 0 Å². The number of aliphatic hydroxyl groups excluding tert-OH is 1. The molecule has 1 aromatic carbocycles. The van der Waals surface area contributed by atoms with Crippen molar-refractivity contribution in [1.82, 2.24) is 0 Å². The Morgan fingerprint density at radius 2 is 1.58 bits per heavy atom. The fourth-order valence-electron chi connectivity index (χ4n) is 2.36. The lowest BCUT2D eigenvalue weighted by Crippen LogP contribution is -2.48. The molecule has 0 aliphatic rings. The molecule has 0 saturated carbocycles. The van der Waals surface area contributed by atoms with E-state index >= 15 is 0 Å². The third-order valence-corrected chi connectivity index (χ3v) is 9.52. The van der Waals surface area contributed by atoms with Gasteiger partial charge in [-0.25, -0.2) is 0 Å². The Hall–Kier alpha value is -1.08. The second kappa shape index (κ2) is 8.34. The normalized spacial score (nSPS) is 16.2. The highest BCUT2D eigenvalue weighted by molar-refractivity contribution is 6.74. The van der Waals surface area contributed by atoms with Crippen LogP contribution < -0.4 is 0 Å². The summed E-state index contributed by atoms with van der Waals surface area (Å²) >= 11 is 0. The van der Waals surface area contributed by atoms with E-state index in [1.807, 2.05) is 37.3 Å². The van der Waals surface area contributed by atoms with Crippen LogP contribution in [0.4, 0.5) is 0 Å². The molecule has 1 aromatic rings. The fourth-order valence-corrected chi connectivity index (χ4v) is 3.88. The molecule has 1 rings (SSSR count). The average Bonchev–Trinajstić information content (AvgIpc) is 2.49. The van der Waals surface area contributed by atoms with Crippen molar-refractivity contribution in [2.75, 3.05) is 0 Å². The highest BCUT2D eigenvalue weighted by atomic mass is 28.4. The van der Waals surface area contributed by atoms with Crippen molar-refractivity contribution in [3.63, 3.8) is 0 Å². The summed E-state index contributed by atoms with van der Waals surface area (Å²) in [5, 5.41) is 10.7. The zero-order valence-corrected chi connectivity index (χ0v) is 17.6. The van der Waals surface area contributed by atoms with E-state index in [0.717, 1.165) is 5.56 Å². The number of rotatable bonds is 5. The first-order valence-corrected chi connectivity index (χ1v) is 11.8. The van der Waals surface area contributed by atoms with E-state index in [2.05, 4.69) is 59.6 Å². The first kappa shape index (κ1) is 21.0. The smallest absolute Gasteiger partial charge is 0.192 e. The molecule has 24 heavy (non-hydrogen) atoms. The Labute approximate surface area is 149 Å². The van der Waals surface area contributed by atoms with Crippen molar-refractivity contribution in [2.45, 2.75) is 71.9 Å². The van der Waals surface area contributed by atoms with Crippen molar-refractivity contribution in [3.05, 3.63) is 35.9 Å². The van der Waals surface area contributed by atoms with E-state index in [1.165, 1.54) is 0 Å². The van der Waals surface area contributed by atoms with Gasteiger partial charge < -0.3 is 9.53 Å². The van der Waals surface area contributed by atoms with Crippen LogP contribution in [0.2, 0.25) is 18.1 Å². The van der Waals surface area contributed by atoms with Gasteiger partial charge in [0.2, 0.25) is 0 Å². The minimum absolute atomic E-state index is 0.00552. The summed E-state index contributed by atoms with van der Waals surface area (Å²) < 4.78 is 6.61. The Balaban J connectivity index is 2.91. The average molecular weight is 347 g/mol. The lowest BCUT2D eigenvalue weighted by molar-refractivity contribution is 0.0285. The maximum atomic E-state index is 10.6. The molecule has 0 bridgehead atoms. The Morgan fingerprint density at radius 3 is 2.04 bits per heavy atom. The highest BCUT2D eigenvalue weighted by Crippen LogP contribution is 2.39. The molecule has 0 aliphatic heterocycles. The third kappa shape index (κ3) is 5.77. The quantitative estimate of drug-likeness (QED) is 0.595. The number of hydrogen-bond donors (Lipinski definition) is 1. The van der Waals surface area contributed by atoms with E-state index in [-0.39, 0.29) is 17.1 Å². The lowest BCUT2D eigenvalue weighted by Gasteiger charge is -2.42. The van der Waals surface area contributed by atoms with Gasteiger partial charge in [-0.05, 0) is 36.2 Å². The molecule has 0 aromatic heterocycles. The van der Waals surface area contributed by atoms with Gasteiger partial charge in [0.1, 0.15) is 6.10 Å². The molecule has 1 N–H and O–H groups in total. The van der Waals surface area contributed by atoms with Gasteiger partial charge >= 0.3 is 0 Å². The van der Waals surface area contributed by atoms with Crippen LogP contribution in [0, 0.1) is 23.7 Å². The van der Waals surface area contributed by atoms with Crippen LogP contribution >= 0.6 is 0 Å². The highest BCUT2D eigenvalue weighted by Gasteiger charge is 2.41.